The lowest BCUT2D eigenvalue weighted by molar-refractivity contribution is 0.740. The Morgan fingerprint density at radius 3 is 2.89 bits per heavy atom. The van der Waals surface area contributed by atoms with Crippen LogP contribution in [0.4, 0.5) is 0 Å². The fourth-order valence-electron chi connectivity index (χ4n) is 0.940. The van der Waals surface area contributed by atoms with E-state index in [0.29, 0.717) is 5.41 Å². The second-order valence-corrected chi connectivity index (χ2v) is 2.92. The lowest BCUT2D eigenvalue weighted by Crippen LogP contribution is -1.99. The van der Waals surface area contributed by atoms with Gasteiger partial charge >= 0.3 is 0 Å². The molecule has 0 aliphatic heterocycles. The molecule has 3 nitrogen and oxygen atoms in total. The van der Waals surface area contributed by atoms with Crippen molar-refractivity contribution < 1.29 is 0 Å². The number of nitrogens with one attached hydrogen (secondary N) is 1. The monoisotopic (exact) mass is 123 g/mol. The molecular formula is C6H9N3. The van der Waals surface area contributed by atoms with Gasteiger partial charge in [0.25, 0.3) is 0 Å². The van der Waals surface area contributed by atoms with Gasteiger partial charge in [-0.15, -0.1) is 5.10 Å². The minimum atomic E-state index is 0.368. The van der Waals surface area contributed by atoms with Gasteiger partial charge in [0.15, 0.2) is 0 Å². The summed E-state index contributed by atoms with van der Waals surface area (Å²) in [5.41, 5.74) is 1.48. The molecule has 3 heteroatoms. The minimum Gasteiger partial charge on any atom is -0.265 e. The highest BCUT2D eigenvalue weighted by Crippen LogP contribution is 2.46. The Kier molecular flexibility index (Phi) is 0.743. The molecule has 1 aromatic rings. The predicted octanol–water partition coefficient (Wildman–Crippen LogP) is 0.856. The van der Waals surface area contributed by atoms with E-state index in [-0.39, 0.29) is 0 Å². The van der Waals surface area contributed by atoms with Gasteiger partial charge in [0.1, 0.15) is 0 Å². The molecule has 1 fully saturated rings. The van der Waals surface area contributed by atoms with E-state index in [9.17, 15) is 0 Å². The molecule has 0 bridgehead atoms. The third kappa shape index (κ3) is 0.642. The molecule has 0 radical (unpaired) electrons. The number of hydrogen-bond donors (Lipinski definition) is 1. The summed E-state index contributed by atoms with van der Waals surface area (Å²) in [6, 6.07) is 0. The second kappa shape index (κ2) is 1.35. The van der Waals surface area contributed by atoms with Crippen molar-refractivity contribution in [2.45, 2.75) is 25.2 Å². The molecule has 0 saturated heterocycles. The van der Waals surface area contributed by atoms with E-state index in [1.54, 1.807) is 0 Å². The number of nitrogens with zero attached hydrogens (tertiary/aromatic N) is 2. The van der Waals surface area contributed by atoms with Gasteiger partial charge in [0.2, 0.25) is 0 Å². The van der Waals surface area contributed by atoms with Crippen LogP contribution in [0.25, 0.3) is 0 Å². The van der Waals surface area contributed by atoms with E-state index in [0.717, 1.165) is 5.69 Å². The van der Waals surface area contributed by atoms with Crippen LogP contribution in [-0.4, -0.2) is 15.4 Å². The largest absolute Gasteiger partial charge is 0.265 e. The van der Waals surface area contributed by atoms with Crippen molar-refractivity contribution in [3.05, 3.63) is 11.9 Å². The Morgan fingerprint density at radius 2 is 2.44 bits per heavy atom. The van der Waals surface area contributed by atoms with E-state index in [1.165, 1.54) is 12.8 Å². The Morgan fingerprint density at radius 1 is 1.67 bits per heavy atom. The van der Waals surface area contributed by atoms with E-state index in [2.05, 4.69) is 22.3 Å². The van der Waals surface area contributed by atoms with Gasteiger partial charge in [0.05, 0.1) is 5.69 Å². The van der Waals surface area contributed by atoms with E-state index >= 15 is 0 Å². The highest BCUT2D eigenvalue weighted by Gasteiger charge is 2.41. The Bertz CT molecular complexity index is 198. The summed E-state index contributed by atoms with van der Waals surface area (Å²) in [5, 5.41) is 10.3. The maximum absolute atomic E-state index is 3.94. The maximum Gasteiger partial charge on any atom is 0.0883 e. The average molecular weight is 123 g/mol. The average Bonchev–Trinajstić information content (AvgIpc) is 2.46. The normalized spacial score (nSPS) is 21.9. The highest BCUT2D eigenvalue weighted by atomic mass is 15.3. The molecule has 1 N–H and O–H groups in total. The summed E-state index contributed by atoms with van der Waals surface area (Å²) in [6.07, 6.45) is 4.41. The molecule has 1 heterocycles. The Balaban J connectivity index is 2.34. The highest BCUT2D eigenvalue weighted by molar-refractivity contribution is 5.18. The van der Waals surface area contributed by atoms with Crippen molar-refractivity contribution in [2.75, 3.05) is 0 Å². The van der Waals surface area contributed by atoms with Crippen LogP contribution in [0.2, 0.25) is 0 Å². The molecule has 0 atom stereocenters. The van der Waals surface area contributed by atoms with Gasteiger partial charge in [-0.05, 0) is 12.8 Å². The first-order valence-electron chi connectivity index (χ1n) is 3.18. The lowest BCUT2D eigenvalue weighted by atomic mass is 10.1. The smallest absolute Gasteiger partial charge is 0.0883 e. The fraction of sp³-hybridized carbons (Fsp3) is 0.667. The number of hydrogen-bond acceptors (Lipinski definition) is 2. The van der Waals surface area contributed by atoms with Crippen molar-refractivity contribution in [3.63, 3.8) is 0 Å². The van der Waals surface area contributed by atoms with Gasteiger partial charge in [0, 0.05) is 11.6 Å². The first kappa shape index (κ1) is 4.97. The summed E-state index contributed by atoms with van der Waals surface area (Å²) in [7, 11) is 0. The minimum absolute atomic E-state index is 0.368. The van der Waals surface area contributed by atoms with Crippen LogP contribution in [0, 0.1) is 0 Å². The zero-order chi connectivity index (χ0) is 6.32. The standard InChI is InChI=1S/C6H9N3/c1-6(2-3-6)5-4-7-9-8-5/h4H,2-3H2,1H3,(H,7,8,9). The van der Waals surface area contributed by atoms with Crippen LogP contribution in [0.3, 0.4) is 0 Å². The van der Waals surface area contributed by atoms with Gasteiger partial charge in [-0.25, -0.2) is 0 Å². The number of aromatic amines is 1. The molecule has 48 valence electrons. The molecule has 2 rings (SSSR count). The van der Waals surface area contributed by atoms with Gasteiger partial charge in [-0.2, -0.15) is 0 Å². The van der Waals surface area contributed by atoms with E-state index in [1.807, 2.05) is 6.20 Å². The first-order chi connectivity index (χ1) is 4.31. The van der Waals surface area contributed by atoms with E-state index < -0.39 is 0 Å². The SMILES string of the molecule is CC1(c2c[nH]nn2)CC1. The summed E-state index contributed by atoms with van der Waals surface area (Å²) >= 11 is 0. The van der Waals surface area contributed by atoms with E-state index in [4.69, 9.17) is 0 Å². The summed E-state index contributed by atoms with van der Waals surface area (Å²) < 4.78 is 0. The number of aromatic nitrogens is 3. The van der Waals surface area contributed by atoms with Crippen molar-refractivity contribution in [2.24, 2.45) is 0 Å². The van der Waals surface area contributed by atoms with Crippen LogP contribution < -0.4 is 0 Å². The van der Waals surface area contributed by atoms with Crippen LogP contribution in [0.15, 0.2) is 6.20 Å². The van der Waals surface area contributed by atoms with Crippen molar-refractivity contribution in [3.8, 4) is 0 Å². The fourth-order valence-corrected chi connectivity index (χ4v) is 0.940. The molecule has 0 unspecified atom stereocenters. The molecule has 9 heavy (non-hydrogen) atoms. The summed E-state index contributed by atoms with van der Waals surface area (Å²) in [5.74, 6) is 0. The molecule has 0 amide bonds. The van der Waals surface area contributed by atoms with Crippen LogP contribution in [0.5, 0.6) is 0 Å². The van der Waals surface area contributed by atoms with Gasteiger partial charge < -0.3 is 0 Å². The zero-order valence-electron chi connectivity index (χ0n) is 5.39. The maximum atomic E-state index is 3.94. The van der Waals surface area contributed by atoms with Crippen molar-refractivity contribution in [1.29, 1.82) is 0 Å². The molecule has 1 aliphatic rings. The molecule has 1 aromatic heterocycles. The molecule has 1 saturated carbocycles. The third-order valence-corrected chi connectivity index (χ3v) is 2.04. The quantitative estimate of drug-likeness (QED) is 0.601. The van der Waals surface area contributed by atoms with Gasteiger partial charge in [-0.3, -0.25) is 5.10 Å². The first-order valence-corrected chi connectivity index (χ1v) is 3.18. The topological polar surface area (TPSA) is 41.6 Å². The number of H-pyrrole nitrogens is 1. The Labute approximate surface area is 53.5 Å². The summed E-state index contributed by atoms with van der Waals surface area (Å²) in [6.45, 7) is 2.21. The molecule has 0 spiro atoms. The summed E-state index contributed by atoms with van der Waals surface area (Å²) in [4.78, 5) is 0. The Hall–Kier alpha value is -0.860. The zero-order valence-corrected chi connectivity index (χ0v) is 5.39. The lowest BCUT2D eigenvalue weighted by Gasteiger charge is -1.98. The van der Waals surface area contributed by atoms with Crippen molar-refractivity contribution >= 4 is 0 Å². The van der Waals surface area contributed by atoms with Crippen LogP contribution >= 0.6 is 0 Å². The van der Waals surface area contributed by atoms with Gasteiger partial charge in [-0.1, -0.05) is 12.1 Å². The third-order valence-electron chi connectivity index (χ3n) is 2.04. The molecule has 1 aliphatic carbocycles. The predicted molar refractivity (Wildman–Crippen MR) is 33.0 cm³/mol. The second-order valence-electron chi connectivity index (χ2n) is 2.92. The van der Waals surface area contributed by atoms with Crippen LogP contribution in [0.1, 0.15) is 25.5 Å². The van der Waals surface area contributed by atoms with Crippen molar-refractivity contribution in [1.82, 2.24) is 15.4 Å². The number of rotatable bonds is 1. The molecular weight excluding hydrogens is 114 g/mol. The molecule has 0 aromatic carbocycles. The van der Waals surface area contributed by atoms with Crippen LogP contribution in [-0.2, 0) is 5.41 Å².